The van der Waals surface area contributed by atoms with Crippen molar-refractivity contribution in [3.63, 3.8) is 0 Å². The average Bonchev–Trinajstić information content (AvgIpc) is 0.728. The highest BCUT2D eigenvalue weighted by molar-refractivity contribution is 5.71. The Bertz CT molecular complexity index is 5440. The monoisotopic (exact) mass is 2090 g/mol. The first-order chi connectivity index (χ1) is 62.0. The molecule has 0 radical (unpaired) electrons. The zero-order valence-electron chi connectivity index (χ0n) is 62.8. The third kappa shape index (κ3) is 20.8. The summed E-state index contributed by atoms with van der Waals surface area (Å²) < 4.78 is 827. The van der Waals surface area contributed by atoms with Crippen LogP contribution in [0.1, 0.15) is 22.3 Å². The van der Waals surface area contributed by atoms with Crippen molar-refractivity contribution >= 4 is 12.2 Å². The molecule has 0 saturated carbocycles. The first kappa shape index (κ1) is 110. The lowest BCUT2D eigenvalue weighted by atomic mass is 9.73. The molecule has 0 amide bonds. The lowest BCUT2D eigenvalue weighted by Gasteiger charge is -2.38. The van der Waals surface area contributed by atoms with E-state index in [0.717, 1.165) is 0 Å². The summed E-state index contributed by atoms with van der Waals surface area (Å²) in [5, 5.41) is 0. The van der Waals surface area contributed by atoms with E-state index in [1.165, 1.54) is 0 Å². The van der Waals surface area contributed by atoms with Gasteiger partial charge in [-0.25, -0.2) is 81.1 Å². The molecule has 0 fully saturated rings. The van der Waals surface area contributed by atoms with Crippen molar-refractivity contribution < 1.29 is 294 Å². The summed E-state index contributed by atoms with van der Waals surface area (Å²) in [6, 6.07) is -2.67. The Hall–Kier alpha value is -12.0. The Morgan fingerprint density at radius 1 is 0.197 bits per heavy atom. The van der Waals surface area contributed by atoms with E-state index in [4.69, 9.17) is 0 Å². The number of hydrogen-bond donors (Lipinski definition) is 0. The number of halogens is 54. The van der Waals surface area contributed by atoms with E-state index in [0.29, 0.717) is 0 Å². The Balaban J connectivity index is 0.961. The van der Waals surface area contributed by atoms with Crippen LogP contribution in [0.5, 0.6) is 46.0 Å². The first-order valence-corrected chi connectivity index (χ1v) is 33.4. The van der Waals surface area contributed by atoms with Crippen LogP contribution in [0, 0.1) is 140 Å². The smallest absolute Gasteiger partial charge is 0.453 e. The van der Waals surface area contributed by atoms with Gasteiger partial charge in [-0.2, -0.15) is 184 Å². The maximum absolute atomic E-state index is 15.6. The fourth-order valence-corrected chi connectivity index (χ4v) is 10.7. The standard InChI is InChI=1S/C71H22F54O12/c1-3-21-27(72)39(84)51(40(85)28(21)73)126-13-57(96,97)132-64(110,111)68(118,119)136-70(122,123)66(114,115)134-59(100,101)15-128-53-43(88)31(76)23(32(77)44(53)89)25-35(80)47(92)55(48(93)36(25)81)130-19-9-5-17(6-10-19)61(62(104,105)106,63(107,108)109)18-7-11-20(12-8-18)131-56-49(94)37(82)26(38(83)50(56)95)24-33(78)45(90)54(46(91)34(24)79)129-16-60(102,103)135-67(116,117)71(124,125)137-69(120,121)65(112,113)133-58(98,99)14-127-52-41(86)29(74)22(4-2)30(75)42(52)87/h3-12H,1-2,13-16H2. The zero-order chi connectivity index (χ0) is 105. The molecule has 8 aromatic carbocycles. The number of hydrogen-bond acceptors (Lipinski definition) is 12. The van der Waals surface area contributed by atoms with Crippen molar-refractivity contribution in [2.45, 2.75) is 91.1 Å². The van der Waals surface area contributed by atoms with Crippen LogP contribution in [0.3, 0.4) is 0 Å². The van der Waals surface area contributed by atoms with Crippen LogP contribution in [-0.2, 0) is 33.8 Å². The third-order valence-corrected chi connectivity index (χ3v) is 16.7. The highest BCUT2D eigenvalue weighted by atomic mass is 19.4. The summed E-state index contributed by atoms with van der Waals surface area (Å²) in [6.45, 7) is -8.66. The van der Waals surface area contributed by atoms with Crippen LogP contribution in [-0.4, -0.2) is 112 Å². The molecule has 0 N–H and O–H groups in total. The van der Waals surface area contributed by atoms with E-state index in [9.17, 15) is 140 Å². The second-order valence-corrected chi connectivity index (χ2v) is 25.7. The van der Waals surface area contributed by atoms with Gasteiger partial charge in [-0.05, 0) is 35.4 Å². The molecule has 8 aromatic rings. The molecule has 0 bridgehead atoms. The molecule has 0 spiro atoms. The number of rotatable bonds is 38. The van der Waals surface area contributed by atoms with Gasteiger partial charge in [0.05, 0.1) is 33.4 Å². The van der Waals surface area contributed by atoms with Crippen molar-refractivity contribution in [2.75, 3.05) is 26.4 Å². The Morgan fingerprint density at radius 2 is 0.350 bits per heavy atom. The maximum Gasteiger partial charge on any atom is 0.453 e. The summed E-state index contributed by atoms with van der Waals surface area (Å²) in [6.07, 6.45) is -101. The minimum Gasteiger partial charge on any atom is -0.478 e. The van der Waals surface area contributed by atoms with Crippen LogP contribution in [0.15, 0.2) is 61.7 Å². The van der Waals surface area contributed by atoms with Gasteiger partial charge in [0, 0.05) is 0 Å². The van der Waals surface area contributed by atoms with E-state index < -0.39 is 372 Å². The molecule has 137 heavy (non-hydrogen) atoms. The van der Waals surface area contributed by atoms with Crippen LogP contribution in [0.4, 0.5) is 237 Å². The van der Waals surface area contributed by atoms with Crippen LogP contribution >= 0.6 is 0 Å². The Kier molecular flexibility index (Phi) is 30.1. The van der Waals surface area contributed by atoms with Gasteiger partial charge in [-0.15, -0.1) is 0 Å². The first-order valence-electron chi connectivity index (χ1n) is 33.4. The molecule has 0 saturated heterocycles. The molecule has 0 atom stereocenters. The SMILES string of the molecule is C=Cc1c(F)c(F)c(OCC(F)(F)OC(F)(F)C(F)(F)OC(F)(F)C(F)(F)OC(F)(F)COc2c(F)c(F)c(-c3c(F)c(F)c(Oc4ccc(C(c5ccc(Oc6c(F)c(F)c(-c7c(F)c(F)c(OCC(F)(F)OC(F)(F)C(F)(F)OC(F)(F)C(F)(F)OC(F)(F)COc8c(F)c(F)c(C=C)c(F)c8F)c(F)c7F)c(F)c6F)cc5)(C(F)(F)F)C(F)(F)F)cc4)c(F)c3F)c(F)c2F)c(F)c1F. The van der Waals surface area contributed by atoms with Gasteiger partial charge in [0.15, 0.2) is 119 Å². The fourth-order valence-electron chi connectivity index (χ4n) is 10.7. The molecule has 0 aromatic heterocycles. The quantitative estimate of drug-likeness (QED) is 0.0271. The molecule has 66 heteroatoms. The molecule has 0 unspecified atom stereocenters. The minimum absolute atomic E-state index is 0.0436. The topological polar surface area (TPSA) is 111 Å². The van der Waals surface area contributed by atoms with Crippen LogP contribution in [0.2, 0.25) is 0 Å². The van der Waals surface area contributed by atoms with Crippen LogP contribution < -0.4 is 28.4 Å². The van der Waals surface area contributed by atoms with Gasteiger partial charge >= 0.3 is 85.7 Å². The Labute approximate surface area is 714 Å². The number of ether oxygens (including phenoxy) is 12. The van der Waals surface area contributed by atoms with Gasteiger partial charge in [-0.3, -0.25) is 0 Å². The molecule has 0 heterocycles. The van der Waals surface area contributed by atoms with Crippen molar-refractivity contribution in [1.29, 1.82) is 0 Å². The van der Waals surface area contributed by atoms with Gasteiger partial charge in [0.1, 0.15) is 11.5 Å². The normalized spacial score (nSPS) is 13.5. The predicted molar refractivity (Wildman–Crippen MR) is 330 cm³/mol. The van der Waals surface area contributed by atoms with Crippen LogP contribution in [0.25, 0.3) is 34.4 Å². The number of benzene rings is 8. The Morgan fingerprint density at radius 3 is 0.511 bits per heavy atom. The van der Waals surface area contributed by atoms with E-state index in [2.05, 4.69) is 60.5 Å². The minimum atomic E-state index is -7.84. The van der Waals surface area contributed by atoms with Crippen molar-refractivity contribution in [1.82, 2.24) is 0 Å². The predicted octanol–water partition coefficient (Wildman–Crippen LogP) is 26.8. The largest absolute Gasteiger partial charge is 0.478 e. The summed E-state index contributed by atoms with van der Waals surface area (Å²) in [5.41, 5.74) is -25.9. The molecule has 12 nitrogen and oxygen atoms in total. The van der Waals surface area contributed by atoms with Gasteiger partial charge in [0.25, 0.3) is 0 Å². The molecular formula is C71H22F54O12. The highest BCUT2D eigenvalue weighted by Gasteiger charge is 2.77. The van der Waals surface area contributed by atoms with E-state index >= 15 is 96.6 Å². The van der Waals surface area contributed by atoms with Gasteiger partial charge < -0.3 is 28.4 Å². The van der Waals surface area contributed by atoms with Crippen molar-refractivity contribution in [3.05, 3.63) is 224 Å². The highest BCUT2D eigenvalue weighted by Crippen LogP contribution is 2.59. The summed E-state index contributed by atoms with van der Waals surface area (Å²) in [7, 11) is 0. The molecule has 8 rings (SSSR count). The van der Waals surface area contributed by atoms with Crippen molar-refractivity contribution in [3.8, 4) is 68.2 Å². The molecular weight excluding hydrogens is 2070 g/mol. The van der Waals surface area contributed by atoms with Crippen molar-refractivity contribution in [2.24, 2.45) is 0 Å². The van der Waals surface area contributed by atoms with Gasteiger partial charge in [-0.1, -0.05) is 49.6 Å². The fraction of sp³-hybridized carbons (Fsp3) is 0.268. The third-order valence-electron chi connectivity index (χ3n) is 16.7. The molecule has 756 valence electrons. The lowest BCUT2D eigenvalue weighted by molar-refractivity contribution is -0.557. The summed E-state index contributed by atoms with van der Waals surface area (Å²) >= 11 is 0. The maximum atomic E-state index is 15.6. The van der Waals surface area contributed by atoms with E-state index in [1.807, 2.05) is 0 Å². The summed E-state index contributed by atoms with van der Waals surface area (Å²) in [5.74, 6) is -96.7. The molecule has 0 aliphatic carbocycles. The zero-order valence-corrected chi connectivity index (χ0v) is 62.8. The average molecular weight is 2090 g/mol. The number of alkyl halides is 30. The van der Waals surface area contributed by atoms with E-state index in [1.54, 1.807) is 9.47 Å². The second-order valence-electron chi connectivity index (χ2n) is 25.7. The summed E-state index contributed by atoms with van der Waals surface area (Å²) in [4.78, 5) is 0. The second kappa shape index (κ2) is 37.4. The molecule has 0 aliphatic heterocycles. The lowest BCUT2D eigenvalue weighted by Crippen LogP contribution is -2.58. The van der Waals surface area contributed by atoms with E-state index in [-0.39, 0.29) is 36.4 Å². The molecule has 0 aliphatic rings. The van der Waals surface area contributed by atoms with Gasteiger partial charge in [0.2, 0.25) is 86.7 Å².